The molecule has 7 heteroatoms. The smallest absolute Gasteiger partial charge is 0.260 e. The van der Waals surface area contributed by atoms with Crippen molar-refractivity contribution in [1.82, 2.24) is 15.1 Å². The molecule has 1 N–H and O–H groups in total. The molecule has 1 heterocycles. The maximum absolute atomic E-state index is 13.2. The summed E-state index contributed by atoms with van der Waals surface area (Å²) in [5, 5.41) is 3.81. The zero-order valence-corrected chi connectivity index (χ0v) is 19.3. The highest BCUT2D eigenvalue weighted by Crippen LogP contribution is 2.28. The molecular formula is C24H31ClFN3O2. The van der Waals surface area contributed by atoms with Crippen molar-refractivity contribution in [1.29, 1.82) is 0 Å². The zero-order chi connectivity index (χ0) is 22.5. The van der Waals surface area contributed by atoms with Crippen LogP contribution >= 0.6 is 11.6 Å². The van der Waals surface area contributed by atoms with Crippen LogP contribution in [0.15, 0.2) is 42.5 Å². The molecule has 1 unspecified atom stereocenters. The van der Waals surface area contributed by atoms with Gasteiger partial charge in [-0.05, 0) is 63.7 Å². The summed E-state index contributed by atoms with van der Waals surface area (Å²) < 4.78 is 19.1. The van der Waals surface area contributed by atoms with Gasteiger partial charge in [-0.15, -0.1) is 0 Å². The molecule has 31 heavy (non-hydrogen) atoms. The second kappa shape index (κ2) is 10.4. The van der Waals surface area contributed by atoms with Gasteiger partial charge in [0.1, 0.15) is 11.6 Å². The Morgan fingerprint density at radius 1 is 1.19 bits per heavy atom. The first-order chi connectivity index (χ1) is 14.8. The lowest BCUT2D eigenvalue weighted by molar-refractivity contribution is -0.139. The molecule has 3 atom stereocenters. The average molecular weight is 448 g/mol. The predicted octanol–water partition coefficient (Wildman–Crippen LogP) is 4.26. The summed E-state index contributed by atoms with van der Waals surface area (Å²) in [5.74, 6) is 0.405. The molecule has 2 aromatic rings. The van der Waals surface area contributed by atoms with Crippen LogP contribution < -0.4 is 10.1 Å². The number of nitrogens with zero attached hydrogens (tertiary/aromatic N) is 2. The van der Waals surface area contributed by atoms with Gasteiger partial charge in [0, 0.05) is 48.3 Å². The fraction of sp³-hybridized carbons (Fsp3) is 0.458. The number of carbonyl (C=O) groups excluding carboxylic acids is 1. The second-order valence-electron chi connectivity index (χ2n) is 8.28. The van der Waals surface area contributed by atoms with E-state index in [1.165, 1.54) is 12.1 Å². The van der Waals surface area contributed by atoms with Crippen molar-refractivity contribution in [2.75, 3.05) is 26.7 Å². The summed E-state index contributed by atoms with van der Waals surface area (Å²) in [4.78, 5) is 17.2. The fourth-order valence-corrected chi connectivity index (χ4v) is 4.14. The van der Waals surface area contributed by atoms with Crippen LogP contribution in [0.5, 0.6) is 5.75 Å². The lowest BCUT2D eigenvalue weighted by atomic mass is 10.1. The minimum absolute atomic E-state index is 0.0138. The third-order valence-electron chi connectivity index (χ3n) is 5.96. The summed E-state index contributed by atoms with van der Waals surface area (Å²) in [6.45, 7) is 8.30. The standard InChI is InChI=1S/C24H31ClFN3O2/c1-16-13-29(17(2)12-28(16)14-19-5-8-21(26)9-6-19)24(30)15-31-23-10-7-20(25)11-22(23)18(3)27-4/h5-11,16-18,27H,12-15H2,1-4H3/t16-,17+,18?/m0/s1. The third-order valence-corrected chi connectivity index (χ3v) is 6.19. The molecule has 0 spiro atoms. The van der Waals surface area contributed by atoms with E-state index in [0.717, 1.165) is 24.2 Å². The number of amides is 1. The van der Waals surface area contributed by atoms with Gasteiger partial charge in [0.2, 0.25) is 0 Å². The normalized spacial score (nSPS) is 20.5. The first-order valence-electron chi connectivity index (χ1n) is 10.7. The molecule has 2 aromatic carbocycles. The number of halogens is 2. The van der Waals surface area contributed by atoms with E-state index in [9.17, 15) is 9.18 Å². The molecule has 0 aromatic heterocycles. The van der Waals surface area contributed by atoms with Gasteiger partial charge < -0.3 is 15.0 Å². The highest BCUT2D eigenvalue weighted by Gasteiger charge is 2.32. The first-order valence-corrected chi connectivity index (χ1v) is 11.0. The lowest BCUT2D eigenvalue weighted by Gasteiger charge is -2.44. The number of ether oxygens (including phenoxy) is 1. The van der Waals surface area contributed by atoms with Crippen molar-refractivity contribution in [2.45, 2.75) is 45.4 Å². The summed E-state index contributed by atoms with van der Waals surface area (Å²) in [6.07, 6.45) is 0. The third kappa shape index (κ3) is 5.97. The predicted molar refractivity (Wildman–Crippen MR) is 122 cm³/mol. The van der Waals surface area contributed by atoms with Gasteiger partial charge in [-0.1, -0.05) is 23.7 Å². The number of benzene rings is 2. The van der Waals surface area contributed by atoms with Gasteiger partial charge in [0.15, 0.2) is 6.61 Å². The maximum atomic E-state index is 13.2. The minimum Gasteiger partial charge on any atom is -0.483 e. The van der Waals surface area contributed by atoms with Gasteiger partial charge in [0.05, 0.1) is 0 Å². The Hall–Kier alpha value is -2.15. The Morgan fingerprint density at radius 3 is 2.58 bits per heavy atom. The van der Waals surface area contributed by atoms with Crippen LogP contribution in [0.25, 0.3) is 0 Å². The quantitative estimate of drug-likeness (QED) is 0.688. The first kappa shape index (κ1) is 23.5. The second-order valence-corrected chi connectivity index (χ2v) is 8.72. The molecule has 0 bridgehead atoms. The molecule has 0 radical (unpaired) electrons. The van der Waals surface area contributed by atoms with Crippen molar-refractivity contribution >= 4 is 17.5 Å². The van der Waals surface area contributed by atoms with Crippen molar-refractivity contribution in [3.63, 3.8) is 0 Å². The number of piperazine rings is 1. The molecule has 0 saturated carbocycles. The molecule has 168 valence electrons. The van der Waals surface area contributed by atoms with Crippen LogP contribution in [-0.4, -0.2) is 54.5 Å². The van der Waals surface area contributed by atoms with E-state index in [1.807, 2.05) is 43.1 Å². The minimum atomic E-state index is -0.228. The van der Waals surface area contributed by atoms with Gasteiger partial charge >= 0.3 is 0 Å². The number of carbonyl (C=O) groups is 1. The van der Waals surface area contributed by atoms with Crippen LogP contribution in [0.2, 0.25) is 5.02 Å². The molecule has 1 aliphatic heterocycles. The Morgan fingerprint density at radius 2 is 1.90 bits per heavy atom. The SMILES string of the molecule is CNC(C)c1cc(Cl)ccc1OCC(=O)N1C[C@H](C)N(Cc2ccc(F)cc2)C[C@H]1C. The Bertz CT molecular complexity index is 893. The summed E-state index contributed by atoms with van der Waals surface area (Å²) in [5.41, 5.74) is 1.99. The Labute approximate surface area is 189 Å². The van der Waals surface area contributed by atoms with E-state index in [-0.39, 0.29) is 36.5 Å². The van der Waals surface area contributed by atoms with Gasteiger partial charge in [0.25, 0.3) is 5.91 Å². The summed E-state index contributed by atoms with van der Waals surface area (Å²) in [7, 11) is 1.87. The van der Waals surface area contributed by atoms with E-state index in [4.69, 9.17) is 16.3 Å². The number of nitrogens with one attached hydrogen (secondary N) is 1. The van der Waals surface area contributed by atoms with E-state index in [2.05, 4.69) is 24.1 Å². The largest absolute Gasteiger partial charge is 0.483 e. The maximum Gasteiger partial charge on any atom is 0.260 e. The van der Waals surface area contributed by atoms with E-state index in [0.29, 0.717) is 17.3 Å². The van der Waals surface area contributed by atoms with Gasteiger partial charge in [-0.25, -0.2) is 4.39 Å². The monoisotopic (exact) mass is 447 g/mol. The fourth-order valence-electron chi connectivity index (χ4n) is 3.96. The van der Waals surface area contributed by atoms with Crippen molar-refractivity contribution < 1.29 is 13.9 Å². The molecule has 1 saturated heterocycles. The van der Waals surface area contributed by atoms with Crippen molar-refractivity contribution in [3.05, 3.63) is 64.4 Å². The summed E-state index contributed by atoms with van der Waals surface area (Å²) >= 11 is 6.14. The zero-order valence-electron chi connectivity index (χ0n) is 18.6. The highest BCUT2D eigenvalue weighted by atomic mass is 35.5. The van der Waals surface area contributed by atoms with E-state index < -0.39 is 0 Å². The van der Waals surface area contributed by atoms with Crippen LogP contribution in [-0.2, 0) is 11.3 Å². The molecule has 3 rings (SSSR count). The average Bonchev–Trinajstić information content (AvgIpc) is 2.75. The number of hydrogen-bond donors (Lipinski definition) is 1. The van der Waals surface area contributed by atoms with Crippen LogP contribution in [0.1, 0.15) is 37.9 Å². The van der Waals surface area contributed by atoms with Crippen LogP contribution in [0.4, 0.5) is 4.39 Å². The van der Waals surface area contributed by atoms with Gasteiger partial charge in [-0.2, -0.15) is 0 Å². The molecular weight excluding hydrogens is 417 g/mol. The van der Waals surface area contributed by atoms with E-state index in [1.54, 1.807) is 6.07 Å². The van der Waals surface area contributed by atoms with Crippen molar-refractivity contribution in [2.24, 2.45) is 0 Å². The molecule has 0 aliphatic carbocycles. The Balaban J connectivity index is 1.60. The molecule has 5 nitrogen and oxygen atoms in total. The van der Waals surface area contributed by atoms with Crippen LogP contribution in [0.3, 0.4) is 0 Å². The lowest BCUT2D eigenvalue weighted by Crippen LogP contribution is -2.58. The Kier molecular flexibility index (Phi) is 7.92. The van der Waals surface area contributed by atoms with Crippen molar-refractivity contribution in [3.8, 4) is 5.75 Å². The molecule has 1 fully saturated rings. The number of hydrogen-bond acceptors (Lipinski definition) is 4. The van der Waals surface area contributed by atoms with E-state index >= 15 is 0 Å². The topological polar surface area (TPSA) is 44.8 Å². The molecule has 1 amide bonds. The highest BCUT2D eigenvalue weighted by molar-refractivity contribution is 6.30. The summed E-state index contributed by atoms with van der Waals surface area (Å²) in [6, 6.07) is 12.4. The molecule has 1 aliphatic rings. The number of rotatable bonds is 7. The van der Waals surface area contributed by atoms with Gasteiger partial charge in [-0.3, -0.25) is 9.69 Å². The van der Waals surface area contributed by atoms with Crippen LogP contribution in [0, 0.1) is 5.82 Å².